The highest BCUT2D eigenvalue weighted by molar-refractivity contribution is 9.10. The highest BCUT2D eigenvalue weighted by Gasteiger charge is 2.25. The molecule has 1 aromatic heterocycles. The van der Waals surface area contributed by atoms with Gasteiger partial charge in [-0.25, -0.2) is 0 Å². The van der Waals surface area contributed by atoms with Crippen molar-refractivity contribution in [1.29, 1.82) is 0 Å². The Balaban J connectivity index is 2.26. The predicted octanol–water partition coefficient (Wildman–Crippen LogP) is 3.75. The highest BCUT2D eigenvalue weighted by Crippen LogP contribution is 2.40. The molecule has 78 valence electrons. The third-order valence-corrected chi connectivity index (χ3v) is 3.56. The number of fused-ring (bicyclic) bond motifs is 1. The van der Waals surface area contributed by atoms with E-state index in [0.717, 1.165) is 5.75 Å². The van der Waals surface area contributed by atoms with Crippen molar-refractivity contribution in [1.82, 2.24) is 4.57 Å². The minimum Gasteiger partial charge on any atom is -0.497 e. The fourth-order valence-electron chi connectivity index (χ4n) is 1.97. The number of ether oxygens (including phenoxy) is 1. The van der Waals surface area contributed by atoms with Gasteiger partial charge in [-0.2, -0.15) is 0 Å². The number of rotatable bonds is 2. The summed E-state index contributed by atoms with van der Waals surface area (Å²) in [5.41, 5.74) is 1.27. The molecule has 3 heteroatoms. The van der Waals surface area contributed by atoms with Crippen molar-refractivity contribution in [3.63, 3.8) is 0 Å². The second-order valence-corrected chi connectivity index (χ2v) is 4.85. The Hall–Kier alpha value is -0.960. The van der Waals surface area contributed by atoms with E-state index in [1.54, 1.807) is 7.11 Å². The molecule has 0 spiro atoms. The Bertz CT molecular complexity index is 514. The van der Waals surface area contributed by atoms with Crippen LogP contribution in [0.3, 0.4) is 0 Å². The first-order chi connectivity index (χ1) is 7.29. The van der Waals surface area contributed by atoms with Gasteiger partial charge < -0.3 is 9.30 Å². The maximum Gasteiger partial charge on any atom is 0.120 e. The maximum absolute atomic E-state index is 5.26. The highest BCUT2D eigenvalue weighted by atomic mass is 79.9. The van der Waals surface area contributed by atoms with Gasteiger partial charge in [0.05, 0.1) is 12.6 Å². The van der Waals surface area contributed by atoms with E-state index in [4.69, 9.17) is 4.74 Å². The van der Waals surface area contributed by atoms with Crippen LogP contribution in [0.2, 0.25) is 0 Å². The largest absolute Gasteiger partial charge is 0.497 e. The molecule has 1 heterocycles. The van der Waals surface area contributed by atoms with Crippen LogP contribution in [0.25, 0.3) is 10.9 Å². The van der Waals surface area contributed by atoms with Crippen molar-refractivity contribution in [2.45, 2.75) is 18.9 Å². The summed E-state index contributed by atoms with van der Waals surface area (Å²) in [6, 6.07) is 6.92. The molecule has 1 saturated carbocycles. The van der Waals surface area contributed by atoms with Gasteiger partial charge in [-0.3, -0.25) is 0 Å². The van der Waals surface area contributed by atoms with Crippen LogP contribution in [0, 0.1) is 0 Å². The average Bonchev–Trinajstić information content (AvgIpc) is 3.04. The summed E-state index contributed by atoms with van der Waals surface area (Å²) < 4.78 is 8.78. The molecule has 0 N–H and O–H groups in total. The van der Waals surface area contributed by atoms with Gasteiger partial charge in [-0.15, -0.1) is 0 Å². The van der Waals surface area contributed by atoms with Crippen LogP contribution in [-0.2, 0) is 0 Å². The van der Waals surface area contributed by atoms with Gasteiger partial charge in [0.25, 0.3) is 0 Å². The topological polar surface area (TPSA) is 14.2 Å². The Labute approximate surface area is 97.0 Å². The Morgan fingerprint density at radius 1 is 1.40 bits per heavy atom. The minimum absolute atomic E-state index is 0.700. The summed E-state index contributed by atoms with van der Waals surface area (Å²) in [4.78, 5) is 0. The molecular weight excluding hydrogens is 254 g/mol. The van der Waals surface area contributed by atoms with Crippen LogP contribution in [0.15, 0.2) is 28.9 Å². The number of methoxy groups -OCH3 is 1. The molecule has 1 fully saturated rings. The van der Waals surface area contributed by atoms with Crippen LogP contribution in [0.5, 0.6) is 5.75 Å². The lowest BCUT2D eigenvalue weighted by Gasteiger charge is -2.04. The average molecular weight is 266 g/mol. The fourth-order valence-corrected chi connectivity index (χ4v) is 2.53. The van der Waals surface area contributed by atoms with Crippen LogP contribution in [0.1, 0.15) is 18.9 Å². The first-order valence-corrected chi connectivity index (χ1v) is 5.93. The van der Waals surface area contributed by atoms with E-state index in [1.807, 2.05) is 6.07 Å². The number of benzene rings is 1. The van der Waals surface area contributed by atoms with Gasteiger partial charge in [0, 0.05) is 28.2 Å². The number of aromatic nitrogens is 1. The maximum atomic E-state index is 5.26. The zero-order valence-electron chi connectivity index (χ0n) is 8.53. The summed E-state index contributed by atoms with van der Waals surface area (Å²) in [6.07, 6.45) is 4.78. The minimum atomic E-state index is 0.700. The summed E-state index contributed by atoms with van der Waals surface area (Å²) in [6.45, 7) is 0. The third kappa shape index (κ3) is 1.46. The molecule has 0 bridgehead atoms. The molecule has 1 aliphatic carbocycles. The molecular formula is C12H12BrNO. The molecule has 0 amide bonds. The molecule has 2 aromatic rings. The van der Waals surface area contributed by atoms with Crippen LogP contribution >= 0.6 is 15.9 Å². The Kier molecular flexibility index (Phi) is 2.02. The molecule has 1 aliphatic rings. The SMILES string of the molecule is COc1ccc2c(Br)cn(C3CC3)c2c1. The lowest BCUT2D eigenvalue weighted by Crippen LogP contribution is -1.91. The zero-order chi connectivity index (χ0) is 10.4. The van der Waals surface area contributed by atoms with Crippen molar-refractivity contribution in [3.05, 3.63) is 28.9 Å². The van der Waals surface area contributed by atoms with Gasteiger partial charge in [0.15, 0.2) is 0 Å². The smallest absolute Gasteiger partial charge is 0.120 e. The molecule has 15 heavy (non-hydrogen) atoms. The first kappa shape index (κ1) is 9.28. The van der Waals surface area contributed by atoms with E-state index in [9.17, 15) is 0 Å². The van der Waals surface area contributed by atoms with Gasteiger partial charge in [0.1, 0.15) is 5.75 Å². The third-order valence-electron chi connectivity index (χ3n) is 2.93. The monoisotopic (exact) mass is 265 g/mol. The molecule has 0 atom stereocenters. The first-order valence-electron chi connectivity index (χ1n) is 5.13. The zero-order valence-corrected chi connectivity index (χ0v) is 10.1. The number of hydrogen-bond donors (Lipinski definition) is 0. The van der Waals surface area contributed by atoms with Crippen LogP contribution in [-0.4, -0.2) is 11.7 Å². The van der Waals surface area contributed by atoms with Crippen molar-refractivity contribution < 1.29 is 4.74 Å². The van der Waals surface area contributed by atoms with Crippen molar-refractivity contribution in [2.24, 2.45) is 0 Å². The van der Waals surface area contributed by atoms with E-state index in [1.165, 1.54) is 28.2 Å². The van der Waals surface area contributed by atoms with Crippen LogP contribution in [0.4, 0.5) is 0 Å². The number of halogens is 1. The molecule has 0 aliphatic heterocycles. The van der Waals surface area contributed by atoms with Crippen molar-refractivity contribution >= 4 is 26.8 Å². The van der Waals surface area contributed by atoms with Gasteiger partial charge in [0.2, 0.25) is 0 Å². The van der Waals surface area contributed by atoms with E-state index >= 15 is 0 Å². The molecule has 0 radical (unpaired) electrons. The summed E-state index contributed by atoms with van der Waals surface area (Å²) in [5.74, 6) is 0.926. The predicted molar refractivity (Wildman–Crippen MR) is 64.5 cm³/mol. The number of hydrogen-bond acceptors (Lipinski definition) is 1. The van der Waals surface area contributed by atoms with Crippen molar-refractivity contribution in [2.75, 3.05) is 7.11 Å². The molecule has 2 nitrogen and oxygen atoms in total. The van der Waals surface area contributed by atoms with Crippen LogP contribution < -0.4 is 4.74 Å². The second-order valence-electron chi connectivity index (χ2n) is 4.00. The quantitative estimate of drug-likeness (QED) is 0.807. The summed E-state index contributed by atoms with van der Waals surface area (Å²) >= 11 is 3.60. The lowest BCUT2D eigenvalue weighted by atomic mass is 10.2. The Morgan fingerprint density at radius 3 is 2.87 bits per heavy atom. The summed E-state index contributed by atoms with van der Waals surface area (Å²) in [5, 5.41) is 1.27. The number of nitrogens with zero attached hydrogens (tertiary/aromatic N) is 1. The van der Waals surface area contributed by atoms with Crippen molar-refractivity contribution in [3.8, 4) is 5.75 Å². The standard InChI is InChI=1S/C12H12BrNO/c1-15-9-4-5-10-11(13)7-14(8-2-3-8)12(10)6-9/h4-8H,2-3H2,1H3. The molecule has 1 aromatic carbocycles. The van der Waals surface area contributed by atoms with E-state index < -0.39 is 0 Å². The molecule has 0 saturated heterocycles. The summed E-state index contributed by atoms with van der Waals surface area (Å²) in [7, 11) is 1.71. The van der Waals surface area contributed by atoms with E-state index in [0.29, 0.717) is 6.04 Å². The van der Waals surface area contributed by atoms with Gasteiger partial charge >= 0.3 is 0 Å². The molecule has 3 rings (SSSR count). The molecule has 0 unspecified atom stereocenters. The van der Waals surface area contributed by atoms with Gasteiger partial charge in [-0.05, 0) is 40.9 Å². The van der Waals surface area contributed by atoms with E-state index in [-0.39, 0.29) is 0 Å². The fraction of sp³-hybridized carbons (Fsp3) is 0.333. The second kappa shape index (κ2) is 3.27. The van der Waals surface area contributed by atoms with Gasteiger partial charge in [-0.1, -0.05) is 0 Å². The van der Waals surface area contributed by atoms with E-state index in [2.05, 4.69) is 38.8 Å². The lowest BCUT2D eigenvalue weighted by molar-refractivity contribution is 0.415. The normalized spacial score (nSPS) is 15.9. The Morgan fingerprint density at radius 2 is 2.20 bits per heavy atom.